The number of nitrogens with zero attached hydrogens (tertiary/aromatic N) is 1. The largest absolute Gasteiger partial charge is 0.311 e. The Morgan fingerprint density at radius 1 is 1.24 bits per heavy atom. The van der Waals surface area contributed by atoms with Crippen LogP contribution in [0.3, 0.4) is 0 Å². The number of anilines is 1. The van der Waals surface area contributed by atoms with Gasteiger partial charge in [-0.3, -0.25) is 9.59 Å². The van der Waals surface area contributed by atoms with Gasteiger partial charge in [0, 0.05) is 35.5 Å². The second-order valence-electron chi connectivity index (χ2n) is 4.57. The lowest BCUT2D eigenvalue weighted by molar-refractivity contribution is -0.117. The summed E-state index contributed by atoms with van der Waals surface area (Å²) in [5.74, 6) is 0.321. The molecule has 3 rings (SSSR count). The number of amides is 1. The molecule has 0 spiro atoms. The zero-order valence-electron chi connectivity index (χ0n) is 9.28. The fourth-order valence-electron chi connectivity index (χ4n) is 2.51. The van der Waals surface area contributed by atoms with E-state index in [-0.39, 0.29) is 16.5 Å². The molecule has 0 bridgehead atoms. The van der Waals surface area contributed by atoms with Crippen LogP contribution in [0.1, 0.15) is 28.8 Å². The molecule has 0 saturated carbocycles. The summed E-state index contributed by atoms with van der Waals surface area (Å²) in [4.78, 5) is 25.4. The van der Waals surface area contributed by atoms with Crippen LogP contribution in [0.5, 0.6) is 0 Å². The van der Waals surface area contributed by atoms with Crippen molar-refractivity contribution in [3.05, 3.63) is 29.3 Å². The van der Waals surface area contributed by atoms with Crippen molar-refractivity contribution in [1.82, 2.24) is 0 Å². The maximum atomic E-state index is 11.8. The number of rotatable bonds is 1. The third kappa shape index (κ3) is 1.80. The van der Waals surface area contributed by atoms with Gasteiger partial charge in [-0.1, -0.05) is 22.0 Å². The number of aryl methyl sites for hydroxylation is 1. The van der Waals surface area contributed by atoms with E-state index in [9.17, 15) is 9.59 Å². The quantitative estimate of drug-likeness (QED) is 0.745. The highest BCUT2D eigenvalue weighted by Gasteiger charge is 2.30. The van der Waals surface area contributed by atoms with Crippen LogP contribution >= 0.6 is 15.9 Å². The summed E-state index contributed by atoms with van der Waals surface area (Å²) < 4.78 is 0. The van der Waals surface area contributed by atoms with Gasteiger partial charge in [-0.15, -0.1) is 0 Å². The minimum Gasteiger partial charge on any atom is -0.311 e. The average Bonchev–Trinajstić information content (AvgIpc) is 2.83. The summed E-state index contributed by atoms with van der Waals surface area (Å²) in [7, 11) is 0. The van der Waals surface area contributed by atoms with Crippen molar-refractivity contribution < 1.29 is 9.59 Å². The fourth-order valence-corrected chi connectivity index (χ4v) is 3.07. The lowest BCUT2D eigenvalue weighted by atomic mass is 10.1. The Hall–Kier alpha value is -1.16. The number of fused-ring (bicyclic) bond motifs is 1. The van der Waals surface area contributed by atoms with E-state index in [2.05, 4.69) is 15.9 Å². The molecule has 4 heteroatoms. The monoisotopic (exact) mass is 293 g/mol. The van der Waals surface area contributed by atoms with Crippen LogP contribution in [-0.2, 0) is 11.2 Å². The average molecular weight is 294 g/mol. The maximum Gasteiger partial charge on any atom is 0.228 e. The molecule has 1 aromatic carbocycles. The molecular formula is C13H12BrNO2. The first-order valence-electron chi connectivity index (χ1n) is 5.76. The number of carbonyl (C=O) groups is 2. The summed E-state index contributed by atoms with van der Waals surface area (Å²) in [6.07, 6.45) is 1.97. The third-order valence-electron chi connectivity index (χ3n) is 3.40. The number of alkyl halides is 1. The molecule has 0 N–H and O–H groups in total. The summed E-state index contributed by atoms with van der Waals surface area (Å²) >= 11 is 3.46. The Kier molecular flexibility index (Phi) is 2.54. The fraction of sp³-hybridized carbons (Fsp3) is 0.385. The molecule has 3 nitrogen and oxygen atoms in total. The van der Waals surface area contributed by atoms with Crippen molar-refractivity contribution in [2.24, 2.45) is 0 Å². The smallest absolute Gasteiger partial charge is 0.228 e. The normalized spacial score (nSPS) is 23.4. The topological polar surface area (TPSA) is 37.4 Å². The van der Waals surface area contributed by atoms with Crippen molar-refractivity contribution in [3.8, 4) is 0 Å². The molecular weight excluding hydrogens is 282 g/mol. The van der Waals surface area contributed by atoms with Crippen molar-refractivity contribution in [2.75, 3.05) is 11.4 Å². The Balaban J connectivity index is 1.97. The summed E-state index contributed by atoms with van der Waals surface area (Å²) in [5.41, 5.74) is 2.76. The minimum absolute atomic E-state index is 0.122. The Bertz CT molecular complexity index is 512. The third-order valence-corrected chi connectivity index (χ3v) is 4.02. The van der Waals surface area contributed by atoms with Crippen LogP contribution in [0.25, 0.3) is 0 Å². The van der Waals surface area contributed by atoms with Crippen LogP contribution in [-0.4, -0.2) is 23.1 Å². The predicted octanol–water partition coefficient (Wildman–Crippen LogP) is 2.32. The van der Waals surface area contributed by atoms with Crippen LogP contribution < -0.4 is 4.90 Å². The van der Waals surface area contributed by atoms with E-state index >= 15 is 0 Å². The highest BCUT2D eigenvalue weighted by atomic mass is 79.9. The van der Waals surface area contributed by atoms with Crippen LogP contribution in [0.4, 0.5) is 5.69 Å². The number of halogens is 1. The number of ketones is 1. The molecule has 1 atom stereocenters. The van der Waals surface area contributed by atoms with Crippen molar-refractivity contribution >= 4 is 33.3 Å². The first-order chi connectivity index (χ1) is 8.15. The molecule has 1 fully saturated rings. The van der Waals surface area contributed by atoms with Gasteiger partial charge in [-0.2, -0.15) is 0 Å². The van der Waals surface area contributed by atoms with E-state index in [1.807, 2.05) is 18.2 Å². The van der Waals surface area contributed by atoms with Crippen molar-refractivity contribution in [2.45, 2.75) is 24.1 Å². The molecule has 1 aliphatic heterocycles. The number of hydrogen-bond acceptors (Lipinski definition) is 2. The summed E-state index contributed by atoms with van der Waals surface area (Å²) in [5, 5.41) is 0. The number of Topliss-reactive ketones (excluding diaryl/α,β-unsaturated/α-hetero) is 1. The van der Waals surface area contributed by atoms with Gasteiger partial charge in [0.15, 0.2) is 5.78 Å². The van der Waals surface area contributed by atoms with Crippen LogP contribution in [0, 0.1) is 0 Å². The molecule has 1 heterocycles. The second kappa shape index (κ2) is 3.95. The molecule has 2 aliphatic rings. The standard InChI is InChI=1S/C13H12BrNO2/c14-9-5-13(17)15(7-9)10-3-1-8-2-4-12(16)11(8)6-10/h1,3,6,9H,2,4-5,7H2. The first-order valence-corrected chi connectivity index (χ1v) is 6.67. The molecule has 1 aromatic rings. The van der Waals surface area contributed by atoms with Gasteiger partial charge >= 0.3 is 0 Å². The van der Waals surface area contributed by atoms with Gasteiger partial charge in [-0.05, 0) is 24.1 Å². The highest BCUT2D eigenvalue weighted by molar-refractivity contribution is 9.09. The zero-order valence-corrected chi connectivity index (χ0v) is 10.9. The predicted molar refractivity (Wildman–Crippen MR) is 68.8 cm³/mol. The summed E-state index contributed by atoms with van der Waals surface area (Å²) in [6, 6.07) is 5.79. The number of carbonyl (C=O) groups excluding carboxylic acids is 2. The highest BCUT2D eigenvalue weighted by Crippen LogP contribution is 2.30. The Labute approximate surface area is 108 Å². The van der Waals surface area contributed by atoms with Gasteiger partial charge in [-0.25, -0.2) is 0 Å². The van der Waals surface area contributed by atoms with E-state index in [1.54, 1.807) is 4.90 Å². The van der Waals surface area contributed by atoms with E-state index in [0.29, 0.717) is 19.4 Å². The van der Waals surface area contributed by atoms with Gasteiger partial charge in [0.1, 0.15) is 0 Å². The summed E-state index contributed by atoms with van der Waals surface area (Å²) in [6.45, 7) is 0.686. The molecule has 1 saturated heterocycles. The molecule has 1 aliphatic carbocycles. The van der Waals surface area contributed by atoms with Gasteiger partial charge in [0.2, 0.25) is 5.91 Å². The van der Waals surface area contributed by atoms with Gasteiger partial charge in [0.25, 0.3) is 0 Å². The minimum atomic E-state index is 0.122. The molecule has 0 aromatic heterocycles. The van der Waals surface area contributed by atoms with E-state index < -0.39 is 0 Å². The van der Waals surface area contributed by atoms with Crippen molar-refractivity contribution in [3.63, 3.8) is 0 Å². The second-order valence-corrected chi connectivity index (χ2v) is 5.87. The van der Waals surface area contributed by atoms with Crippen LogP contribution in [0.2, 0.25) is 0 Å². The van der Waals surface area contributed by atoms with Gasteiger partial charge < -0.3 is 4.90 Å². The number of benzene rings is 1. The molecule has 0 radical (unpaired) electrons. The van der Waals surface area contributed by atoms with Crippen LogP contribution in [0.15, 0.2) is 18.2 Å². The molecule has 1 unspecified atom stereocenters. The Morgan fingerprint density at radius 2 is 2.06 bits per heavy atom. The number of hydrogen-bond donors (Lipinski definition) is 0. The molecule has 88 valence electrons. The zero-order chi connectivity index (χ0) is 12.0. The molecule has 1 amide bonds. The van der Waals surface area contributed by atoms with E-state index in [1.165, 1.54) is 0 Å². The lowest BCUT2D eigenvalue weighted by Crippen LogP contribution is -2.24. The maximum absolute atomic E-state index is 11.8. The first kappa shape index (κ1) is 11.0. The van der Waals surface area contributed by atoms with Crippen molar-refractivity contribution in [1.29, 1.82) is 0 Å². The van der Waals surface area contributed by atoms with E-state index in [0.717, 1.165) is 23.2 Å². The molecule has 17 heavy (non-hydrogen) atoms. The SMILES string of the molecule is O=C1CCc2ccc(N3CC(Br)CC3=O)cc21. The Morgan fingerprint density at radius 3 is 2.76 bits per heavy atom. The lowest BCUT2D eigenvalue weighted by Gasteiger charge is -2.16. The van der Waals surface area contributed by atoms with Gasteiger partial charge in [0.05, 0.1) is 0 Å². The van der Waals surface area contributed by atoms with E-state index in [4.69, 9.17) is 0 Å².